The summed E-state index contributed by atoms with van der Waals surface area (Å²) in [5, 5.41) is 12.3. The third kappa shape index (κ3) is 4.33. The molecule has 1 heterocycles. The van der Waals surface area contributed by atoms with Gasteiger partial charge < -0.3 is 14.6 Å². The minimum Gasteiger partial charge on any atom is -0.507 e. The van der Waals surface area contributed by atoms with E-state index in [-0.39, 0.29) is 32.7 Å². The quantitative estimate of drug-likeness (QED) is 0.228. The van der Waals surface area contributed by atoms with Crippen molar-refractivity contribution in [3.63, 3.8) is 0 Å². The molecule has 1 unspecified atom stereocenters. The molecule has 3 aromatic rings. The van der Waals surface area contributed by atoms with Gasteiger partial charge in [0.25, 0.3) is 11.7 Å². The first kappa shape index (κ1) is 24.9. The third-order valence-electron chi connectivity index (χ3n) is 5.84. The first-order chi connectivity index (χ1) is 16.7. The number of hydrogen-bond acceptors (Lipinski definition) is 5. The van der Waals surface area contributed by atoms with E-state index in [9.17, 15) is 14.7 Å². The molecule has 3 aromatic carbocycles. The lowest BCUT2D eigenvalue weighted by Gasteiger charge is -2.27. The molecule has 0 spiro atoms. The van der Waals surface area contributed by atoms with Gasteiger partial charge in [0.2, 0.25) is 0 Å². The number of rotatable bonds is 5. The molecule has 1 fully saturated rings. The van der Waals surface area contributed by atoms with Crippen LogP contribution in [0.25, 0.3) is 5.76 Å². The number of aliphatic hydroxyl groups is 1. The van der Waals surface area contributed by atoms with Crippen molar-refractivity contribution < 1.29 is 24.2 Å². The average molecular weight is 533 g/mol. The first-order valence-electron chi connectivity index (χ1n) is 10.4. The Morgan fingerprint density at radius 2 is 1.57 bits per heavy atom. The molecule has 4 rings (SSSR count). The van der Waals surface area contributed by atoms with E-state index in [2.05, 4.69) is 0 Å². The zero-order valence-corrected chi connectivity index (χ0v) is 21.2. The molecule has 35 heavy (non-hydrogen) atoms. The lowest BCUT2D eigenvalue weighted by Crippen LogP contribution is -2.29. The molecule has 1 saturated heterocycles. The Morgan fingerprint density at radius 3 is 2.20 bits per heavy atom. The first-order valence-corrected chi connectivity index (χ1v) is 11.6. The molecular formula is C26H20Cl3NO5. The number of hydrogen-bond donors (Lipinski definition) is 1. The Bertz CT molecular complexity index is 1390. The number of ether oxygens (including phenoxy) is 2. The van der Waals surface area contributed by atoms with Crippen molar-refractivity contribution in [2.45, 2.75) is 13.0 Å². The van der Waals surface area contributed by atoms with Crippen LogP contribution in [0.5, 0.6) is 11.5 Å². The molecule has 6 nitrogen and oxygen atoms in total. The minimum absolute atomic E-state index is 0.113. The highest BCUT2D eigenvalue weighted by Crippen LogP contribution is 2.46. The highest BCUT2D eigenvalue weighted by molar-refractivity contribution is 6.52. The number of aryl methyl sites for hydroxylation is 1. The standard InChI is InChI=1S/C26H20Cl3NO5/c1-13-6-4-5-7-15(13)23-22(24(31)16-11-21(35-3)19(29)12-20(16)34-2)25(32)26(33)30(23)14-8-9-17(27)18(28)10-14/h4-12,23,31H,1-3H3/b24-22+. The van der Waals surface area contributed by atoms with Gasteiger partial charge in [0.1, 0.15) is 17.3 Å². The largest absolute Gasteiger partial charge is 0.507 e. The summed E-state index contributed by atoms with van der Waals surface area (Å²) < 4.78 is 10.7. The Morgan fingerprint density at radius 1 is 0.886 bits per heavy atom. The summed E-state index contributed by atoms with van der Waals surface area (Å²) in [5.41, 5.74) is 1.86. The molecule has 0 aliphatic carbocycles. The van der Waals surface area contributed by atoms with Crippen molar-refractivity contribution in [2.75, 3.05) is 19.1 Å². The highest BCUT2D eigenvalue weighted by atomic mass is 35.5. The van der Waals surface area contributed by atoms with Gasteiger partial charge in [-0.15, -0.1) is 0 Å². The number of amides is 1. The smallest absolute Gasteiger partial charge is 0.300 e. The molecule has 0 aromatic heterocycles. The van der Waals surface area contributed by atoms with E-state index in [0.29, 0.717) is 16.3 Å². The second-order valence-electron chi connectivity index (χ2n) is 7.81. The van der Waals surface area contributed by atoms with Crippen molar-refractivity contribution in [2.24, 2.45) is 0 Å². The number of benzene rings is 3. The molecule has 0 radical (unpaired) electrons. The fourth-order valence-corrected chi connectivity index (χ4v) is 4.64. The summed E-state index contributed by atoms with van der Waals surface area (Å²) >= 11 is 18.5. The molecular weight excluding hydrogens is 513 g/mol. The molecule has 1 atom stereocenters. The van der Waals surface area contributed by atoms with Gasteiger partial charge in [0.05, 0.1) is 46.5 Å². The number of nitrogens with zero attached hydrogens (tertiary/aromatic N) is 1. The summed E-state index contributed by atoms with van der Waals surface area (Å²) in [4.78, 5) is 28.1. The zero-order chi connectivity index (χ0) is 25.4. The van der Waals surface area contributed by atoms with E-state index in [1.807, 2.05) is 19.1 Å². The van der Waals surface area contributed by atoms with Crippen LogP contribution in [0.1, 0.15) is 22.7 Å². The van der Waals surface area contributed by atoms with Gasteiger partial charge in [-0.05, 0) is 42.3 Å². The monoisotopic (exact) mass is 531 g/mol. The van der Waals surface area contributed by atoms with Crippen LogP contribution in [0, 0.1) is 6.92 Å². The van der Waals surface area contributed by atoms with Crippen molar-refractivity contribution in [3.05, 3.63) is 91.9 Å². The van der Waals surface area contributed by atoms with E-state index in [1.54, 1.807) is 24.3 Å². The molecule has 1 N–H and O–H groups in total. The Labute approximate surface area is 217 Å². The van der Waals surface area contributed by atoms with Crippen molar-refractivity contribution in [1.29, 1.82) is 0 Å². The fraction of sp³-hybridized carbons (Fsp3) is 0.154. The third-order valence-corrected chi connectivity index (χ3v) is 6.87. The van der Waals surface area contributed by atoms with Crippen molar-refractivity contribution in [3.8, 4) is 11.5 Å². The summed E-state index contributed by atoms with van der Waals surface area (Å²) in [6.45, 7) is 1.86. The number of Topliss-reactive ketones (excluding diaryl/α,β-unsaturated/α-hetero) is 1. The predicted octanol–water partition coefficient (Wildman–Crippen LogP) is 6.60. The van der Waals surface area contributed by atoms with E-state index in [0.717, 1.165) is 5.56 Å². The molecule has 0 bridgehead atoms. The van der Waals surface area contributed by atoms with Crippen LogP contribution in [0.15, 0.2) is 60.2 Å². The molecule has 9 heteroatoms. The number of ketones is 1. The zero-order valence-electron chi connectivity index (χ0n) is 18.9. The normalized spacial score (nSPS) is 17.1. The van der Waals surface area contributed by atoms with Crippen LogP contribution in [-0.2, 0) is 9.59 Å². The number of methoxy groups -OCH3 is 2. The molecule has 1 aliphatic heterocycles. The highest BCUT2D eigenvalue weighted by Gasteiger charge is 2.47. The number of anilines is 1. The Hall–Kier alpha value is -3.19. The SMILES string of the molecule is COc1cc(/C(O)=C2\C(=O)C(=O)N(c3ccc(Cl)c(Cl)c3)C2c2ccccc2C)c(OC)cc1Cl. The number of halogens is 3. The summed E-state index contributed by atoms with van der Waals surface area (Å²) in [6, 6.07) is 13.9. The fourth-order valence-electron chi connectivity index (χ4n) is 4.11. The van der Waals surface area contributed by atoms with E-state index >= 15 is 0 Å². The maximum Gasteiger partial charge on any atom is 0.300 e. The average Bonchev–Trinajstić information content (AvgIpc) is 3.10. The lowest BCUT2D eigenvalue weighted by molar-refractivity contribution is -0.132. The van der Waals surface area contributed by atoms with E-state index in [1.165, 1.54) is 37.3 Å². The van der Waals surface area contributed by atoms with Gasteiger partial charge in [-0.25, -0.2) is 0 Å². The van der Waals surface area contributed by atoms with Gasteiger partial charge in [0, 0.05) is 11.8 Å². The lowest BCUT2D eigenvalue weighted by atomic mass is 9.92. The second-order valence-corrected chi connectivity index (χ2v) is 9.03. The van der Waals surface area contributed by atoms with Gasteiger partial charge in [-0.2, -0.15) is 0 Å². The van der Waals surface area contributed by atoms with Gasteiger partial charge in [0.15, 0.2) is 0 Å². The van der Waals surface area contributed by atoms with Crippen LogP contribution >= 0.6 is 34.8 Å². The van der Waals surface area contributed by atoms with Crippen LogP contribution < -0.4 is 14.4 Å². The van der Waals surface area contributed by atoms with Crippen molar-refractivity contribution >= 4 is 57.9 Å². The van der Waals surface area contributed by atoms with Crippen LogP contribution in [0.4, 0.5) is 5.69 Å². The molecule has 1 aliphatic rings. The summed E-state index contributed by atoms with van der Waals surface area (Å²) in [5.74, 6) is -1.64. The van der Waals surface area contributed by atoms with Crippen LogP contribution in [-0.4, -0.2) is 31.0 Å². The molecule has 0 saturated carbocycles. The Kier molecular flexibility index (Phi) is 6.99. The van der Waals surface area contributed by atoms with Crippen LogP contribution in [0.3, 0.4) is 0 Å². The van der Waals surface area contributed by atoms with E-state index in [4.69, 9.17) is 44.3 Å². The van der Waals surface area contributed by atoms with E-state index < -0.39 is 23.5 Å². The molecule has 1 amide bonds. The van der Waals surface area contributed by atoms with Crippen LogP contribution in [0.2, 0.25) is 15.1 Å². The van der Waals surface area contributed by atoms with Gasteiger partial charge in [-0.1, -0.05) is 59.1 Å². The number of carbonyl (C=O) groups excluding carboxylic acids is 2. The summed E-state index contributed by atoms with van der Waals surface area (Å²) in [7, 11) is 2.83. The Balaban J connectivity index is 2.03. The number of carbonyl (C=O) groups is 2. The van der Waals surface area contributed by atoms with Gasteiger partial charge in [-0.3, -0.25) is 14.5 Å². The summed E-state index contributed by atoms with van der Waals surface area (Å²) in [6.07, 6.45) is 0. The molecule has 180 valence electrons. The number of aliphatic hydroxyl groups excluding tert-OH is 1. The minimum atomic E-state index is -0.945. The second kappa shape index (κ2) is 9.82. The maximum absolute atomic E-state index is 13.4. The van der Waals surface area contributed by atoms with Gasteiger partial charge >= 0.3 is 0 Å². The topological polar surface area (TPSA) is 76.1 Å². The maximum atomic E-state index is 13.4. The predicted molar refractivity (Wildman–Crippen MR) is 137 cm³/mol. The van der Waals surface area contributed by atoms with Crippen molar-refractivity contribution in [1.82, 2.24) is 0 Å².